The third kappa shape index (κ3) is 4.73. The van der Waals surface area contributed by atoms with Gasteiger partial charge in [0.05, 0.1) is 25.9 Å². The molecular formula is C20H26N2O3. The van der Waals surface area contributed by atoms with E-state index in [0.717, 1.165) is 16.9 Å². The Morgan fingerprint density at radius 1 is 1.12 bits per heavy atom. The summed E-state index contributed by atoms with van der Waals surface area (Å²) in [5, 5.41) is 2.93. The van der Waals surface area contributed by atoms with Crippen LogP contribution in [0.5, 0.6) is 11.5 Å². The molecule has 0 unspecified atom stereocenters. The normalized spacial score (nSPS) is 11.9. The number of nitrogens with zero attached hydrogens (tertiary/aromatic N) is 1. The second-order valence-corrected chi connectivity index (χ2v) is 6.10. The summed E-state index contributed by atoms with van der Waals surface area (Å²) in [7, 11) is 5.17. The SMILES string of the molecule is COc1ccc(C)cc1CN(C)[C@@H](C)C(=O)Nc1ccccc1OC. The minimum Gasteiger partial charge on any atom is -0.496 e. The van der Waals surface area contributed by atoms with Crippen molar-refractivity contribution in [3.8, 4) is 11.5 Å². The number of para-hydroxylation sites is 2. The van der Waals surface area contributed by atoms with Crippen molar-refractivity contribution in [2.45, 2.75) is 26.4 Å². The second kappa shape index (κ2) is 8.53. The second-order valence-electron chi connectivity index (χ2n) is 6.10. The zero-order valence-electron chi connectivity index (χ0n) is 15.5. The van der Waals surface area contributed by atoms with Crippen molar-refractivity contribution < 1.29 is 14.3 Å². The predicted octanol–water partition coefficient (Wildman–Crippen LogP) is 3.47. The van der Waals surface area contributed by atoms with E-state index in [1.807, 2.05) is 62.2 Å². The summed E-state index contributed by atoms with van der Waals surface area (Å²) in [6.07, 6.45) is 0. The number of nitrogens with one attached hydrogen (secondary N) is 1. The summed E-state index contributed by atoms with van der Waals surface area (Å²) in [5.74, 6) is 1.39. The monoisotopic (exact) mass is 342 g/mol. The molecule has 1 amide bonds. The van der Waals surface area contributed by atoms with Gasteiger partial charge in [-0.2, -0.15) is 0 Å². The van der Waals surface area contributed by atoms with Crippen LogP contribution in [0.2, 0.25) is 0 Å². The van der Waals surface area contributed by atoms with Crippen LogP contribution in [-0.4, -0.2) is 38.1 Å². The molecule has 2 aromatic carbocycles. The van der Waals surface area contributed by atoms with E-state index < -0.39 is 0 Å². The van der Waals surface area contributed by atoms with Crippen molar-refractivity contribution in [3.05, 3.63) is 53.6 Å². The summed E-state index contributed by atoms with van der Waals surface area (Å²) >= 11 is 0. The molecule has 5 nitrogen and oxygen atoms in total. The molecule has 25 heavy (non-hydrogen) atoms. The Morgan fingerprint density at radius 3 is 2.48 bits per heavy atom. The summed E-state index contributed by atoms with van der Waals surface area (Å²) in [5.41, 5.74) is 2.89. The smallest absolute Gasteiger partial charge is 0.241 e. The minimum absolute atomic E-state index is 0.0846. The van der Waals surface area contributed by atoms with Crippen molar-refractivity contribution in [2.75, 3.05) is 26.6 Å². The number of carbonyl (C=O) groups is 1. The highest BCUT2D eigenvalue weighted by molar-refractivity contribution is 5.95. The molecule has 5 heteroatoms. The van der Waals surface area contributed by atoms with Gasteiger partial charge >= 0.3 is 0 Å². The van der Waals surface area contributed by atoms with Crippen molar-refractivity contribution in [1.29, 1.82) is 0 Å². The topological polar surface area (TPSA) is 50.8 Å². The van der Waals surface area contributed by atoms with Crippen LogP contribution in [0.15, 0.2) is 42.5 Å². The molecule has 0 heterocycles. The standard InChI is InChI=1S/C20H26N2O3/c1-14-10-11-18(24-4)16(12-14)13-22(3)15(2)20(23)21-17-8-6-7-9-19(17)25-5/h6-12,15H,13H2,1-5H3,(H,21,23)/t15-/m0/s1. The molecule has 0 aliphatic heterocycles. The van der Waals surface area contributed by atoms with Gasteiger partial charge in [0, 0.05) is 12.1 Å². The van der Waals surface area contributed by atoms with Crippen molar-refractivity contribution in [2.24, 2.45) is 0 Å². The zero-order chi connectivity index (χ0) is 18.4. The van der Waals surface area contributed by atoms with Gasteiger partial charge in [-0.3, -0.25) is 9.69 Å². The van der Waals surface area contributed by atoms with E-state index in [1.165, 1.54) is 0 Å². The molecule has 2 rings (SSSR count). The Hall–Kier alpha value is -2.53. The molecule has 0 aliphatic carbocycles. The lowest BCUT2D eigenvalue weighted by Crippen LogP contribution is -2.39. The van der Waals surface area contributed by atoms with Gasteiger partial charge in [-0.15, -0.1) is 0 Å². The molecule has 0 fully saturated rings. The van der Waals surface area contributed by atoms with E-state index in [-0.39, 0.29) is 11.9 Å². The third-order valence-electron chi connectivity index (χ3n) is 4.26. The predicted molar refractivity (Wildman–Crippen MR) is 100 cm³/mol. The third-order valence-corrected chi connectivity index (χ3v) is 4.26. The summed E-state index contributed by atoms with van der Waals surface area (Å²) in [6, 6.07) is 13.1. The van der Waals surface area contributed by atoms with Crippen LogP contribution in [-0.2, 0) is 11.3 Å². The van der Waals surface area contributed by atoms with Crippen LogP contribution in [0.3, 0.4) is 0 Å². The number of carbonyl (C=O) groups excluding carboxylic acids is 1. The number of ether oxygens (including phenoxy) is 2. The number of rotatable bonds is 7. The van der Waals surface area contributed by atoms with Crippen LogP contribution in [0.1, 0.15) is 18.1 Å². The van der Waals surface area contributed by atoms with E-state index in [2.05, 4.69) is 11.4 Å². The fourth-order valence-electron chi connectivity index (χ4n) is 2.62. The fraction of sp³-hybridized carbons (Fsp3) is 0.350. The van der Waals surface area contributed by atoms with Gasteiger partial charge < -0.3 is 14.8 Å². The zero-order valence-corrected chi connectivity index (χ0v) is 15.5. The maximum absolute atomic E-state index is 12.6. The van der Waals surface area contributed by atoms with E-state index in [0.29, 0.717) is 18.0 Å². The molecule has 134 valence electrons. The first-order valence-corrected chi connectivity index (χ1v) is 8.24. The molecular weight excluding hydrogens is 316 g/mol. The molecule has 0 radical (unpaired) electrons. The molecule has 0 spiro atoms. The summed E-state index contributed by atoms with van der Waals surface area (Å²) in [4.78, 5) is 14.6. The first-order valence-electron chi connectivity index (χ1n) is 8.24. The maximum atomic E-state index is 12.6. The Kier molecular flexibility index (Phi) is 6.42. The van der Waals surface area contributed by atoms with Gasteiger partial charge in [0.2, 0.25) is 5.91 Å². The molecule has 0 saturated heterocycles. The van der Waals surface area contributed by atoms with Gasteiger partial charge in [0.15, 0.2) is 0 Å². The number of benzene rings is 2. The number of methoxy groups -OCH3 is 2. The number of anilines is 1. The Balaban J connectivity index is 2.07. The minimum atomic E-state index is -0.310. The van der Waals surface area contributed by atoms with Crippen LogP contribution in [0.4, 0.5) is 5.69 Å². The van der Waals surface area contributed by atoms with Gasteiger partial charge in [0.25, 0.3) is 0 Å². The Morgan fingerprint density at radius 2 is 1.80 bits per heavy atom. The number of aryl methyl sites for hydroxylation is 1. The van der Waals surface area contributed by atoms with Gasteiger partial charge in [-0.05, 0) is 39.1 Å². The van der Waals surface area contributed by atoms with Crippen molar-refractivity contribution in [3.63, 3.8) is 0 Å². The molecule has 0 aliphatic rings. The average Bonchev–Trinajstić information content (AvgIpc) is 2.61. The molecule has 1 atom stereocenters. The Bertz CT molecular complexity index is 731. The van der Waals surface area contributed by atoms with Gasteiger partial charge in [-0.1, -0.05) is 29.8 Å². The number of likely N-dealkylation sites (N-methyl/N-ethyl adjacent to an activating group) is 1. The maximum Gasteiger partial charge on any atom is 0.241 e. The Labute approximate surface area is 149 Å². The lowest BCUT2D eigenvalue weighted by atomic mass is 10.1. The highest BCUT2D eigenvalue weighted by atomic mass is 16.5. The number of hydrogen-bond donors (Lipinski definition) is 1. The first kappa shape index (κ1) is 18.8. The summed E-state index contributed by atoms with van der Waals surface area (Å²) < 4.78 is 10.7. The van der Waals surface area contributed by atoms with Gasteiger partial charge in [0.1, 0.15) is 11.5 Å². The number of hydrogen-bond acceptors (Lipinski definition) is 4. The molecule has 0 bridgehead atoms. The highest BCUT2D eigenvalue weighted by Gasteiger charge is 2.20. The quantitative estimate of drug-likeness (QED) is 0.837. The van der Waals surface area contributed by atoms with Crippen LogP contribution in [0, 0.1) is 6.92 Å². The van der Waals surface area contributed by atoms with Crippen LogP contribution < -0.4 is 14.8 Å². The number of amides is 1. The lowest BCUT2D eigenvalue weighted by Gasteiger charge is -2.25. The summed E-state index contributed by atoms with van der Waals surface area (Å²) in [6.45, 7) is 4.54. The first-order chi connectivity index (χ1) is 12.0. The van der Waals surface area contributed by atoms with Gasteiger partial charge in [-0.25, -0.2) is 0 Å². The van der Waals surface area contributed by atoms with E-state index in [9.17, 15) is 4.79 Å². The van der Waals surface area contributed by atoms with E-state index >= 15 is 0 Å². The lowest BCUT2D eigenvalue weighted by molar-refractivity contribution is -0.120. The van der Waals surface area contributed by atoms with E-state index in [1.54, 1.807) is 14.2 Å². The molecule has 0 saturated carbocycles. The fourth-order valence-corrected chi connectivity index (χ4v) is 2.62. The molecule has 1 N–H and O–H groups in total. The molecule has 0 aromatic heterocycles. The van der Waals surface area contributed by atoms with Crippen molar-refractivity contribution >= 4 is 11.6 Å². The average molecular weight is 342 g/mol. The molecule has 2 aromatic rings. The highest BCUT2D eigenvalue weighted by Crippen LogP contribution is 2.24. The van der Waals surface area contributed by atoms with E-state index in [4.69, 9.17) is 9.47 Å². The largest absolute Gasteiger partial charge is 0.496 e. The van der Waals surface area contributed by atoms with Crippen molar-refractivity contribution in [1.82, 2.24) is 4.90 Å². The van der Waals surface area contributed by atoms with Crippen LogP contribution >= 0.6 is 0 Å². The van der Waals surface area contributed by atoms with Crippen LogP contribution in [0.25, 0.3) is 0 Å².